The molecule has 0 bridgehead atoms. The first-order valence-electron chi connectivity index (χ1n) is 8.52. The first-order valence-corrected chi connectivity index (χ1v) is 10.00. The van der Waals surface area contributed by atoms with E-state index in [-0.39, 0.29) is 30.3 Å². The predicted molar refractivity (Wildman–Crippen MR) is 98.7 cm³/mol. The van der Waals surface area contributed by atoms with Gasteiger partial charge in [0.05, 0.1) is 17.9 Å². The molecule has 0 spiro atoms. The van der Waals surface area contributed by atoms with Gasteiger partial charge in [0.1, 0.15) is 5.75 Å². The largest absolute Gasteiger partial charge is 0.493 e. The van der Waals surface area contributed by atoms with Crippen LogP contribution in [0.1, 0.15) is 16.7 Å². The van der Waals surface area contributed by atoms with Gasteiger partial charge in [-0.25, -0.2) is 13.1 Å². The predicted octanol–water partition coefficient (Wildman–Crippen LogP) is 1.57. The van der Waals surface area contributed by atoms with Gasteiger partial charge in [-0.2, -0.15) is 0 Å². The number of ether oxygens (including phenoxy) is 1. The molecule has 1 heterocycles. The summed E-state index contributed by atoms with van der Waals surface area (Å²) in [5, 5.41) is 2.73. The normalized spacial score (nSPS) is 13.1. The van der Waals surface area contributed by atoms with Crippen molar-refractivity contribution in [2.75, 3.05) is 19.7 Å². The molecule has 138 valence electrons. The molecular formula is C19H22N2O4S. The van der Waals surface area contributed by atoms with Crippen molar-refractivity contribution in [3.63, 3.8) is 0 Å². The van der Waals surface area contributed by atoms with Crippen LogP contribution in [0.25, 0.3) is 0 Å². The van der Waals surface area contributed by atoms with Gasteiger partial charge in [0.25, 0.3) is 0 Å². The van der Waals surface area contributed by atoms with Crippen LogP contribution in [-0.2, 0) is 27.7 Å². The summed E-state index contributed by atoms with van der Waals surface area (Å²) >= 11 is 0. The zero-order valence-electron chi connectivity index (χ0n) is 14.6. The molecule has 0 saturated carbocycles. The summed E-state index contributed by atoms with van der Waals surface area (Å²) in [6.07, 6.45) is 1.13. The molecule has 0 unspecified atom stereocenters. The van der Waals surface area contributed by atoms with Crippen molar-refractivity contribution >= 4 is 15.9 Å². The number of fused-ring (bicyclic) bond motifs is 1. The minimum absolute atomic E-state index is 0.139. The lowest BCUT2D eigenvalue weighted by atomic mass is 10.1. The molecule has 1 amide bonds. The number of rotatable bonds is 7. The van der Waals surface area contributed by atoms with Crippen molar-refractivity contribution in [2.24, 2.45) is 0 Å². The standard InChI is InChI=1S/C19H22N2O4S/c1-14-2-5-17(6-3-14)26(23,24)21-10-9-20-19(22)13-15-4-7-18-16(12-15)8-11-25-18/h2-7,12,21H,8-11,13H2,1H3,(H,20,22). The molecule has 0 atom stereocenters. The summed E-state index contributed by atoms with van der Waals surface area (Å²) in [5.74, 6) is 0.748. The summed E-state index contributed by atoms with van der Waals surface area (Å²) in [6, 6.07) is 12.4. The van der Waals surface area contributed by atoms with E-state index < -0.39 is 10.0 Å². The van der Waals surface area contributed by atoms with Gasteiger partial charge in [0.2, 0.25) is 15.9 Å². The molecule has 1 aliphatic heterocycles. The van der Waals surface area contributed by atoms with Crippen LogP contribution in [0.5, 0.6) is 5.75 Å². The van der Waals surface area contributed by atoms with Crippen LogP contribution in [-0.4, -0.2) is 34.0 Å². The molecule has 7 heteroatoms. The molecule has 2 N–H and O–H groups in total. The van der Waals surface area contributed by atoms with Gasteiger partial charge in [0.15, 0.2) is 0 Å². The maximum absolute atomic E-state index is 12.2. The van der Waals surface area contributed by atoms with Crippen molar-refractivity contribution in [1.29, 1.82) is 0 Å². The Labute approximate surface area is 153 Å². The summed E-state index contributed by atoms with van der Waals surface area (Å²) in [6.45, 7) is 2.96. The van der Waals surface area contributed by atoms with Crippen molar-refractivity contribution in [2.45, 2.75) is 24.7 Å². The number of carbonyl (C=O) groups is 1. The summed E-state index contributed by atoms with van der Waals surface area (Å²) in [7, 11) is -3.56. The van der Waals surface area contributed by atoms with Gasteiger partial charge in [-0.15, -0.1) is 0 Å². The quantitative estimate of drug-likeness (QED) is 0.721. The molecule has 1 aliphatic rings. The second-order valence-corrected chi connectivity index (χ2v) is 8.05. The highest BCUT2D eigenvalue weighted by Crippen LogP contribution is 2.25. The number of aryl methyl sites for hydroxylation is 1. The van der Waals surface area contributed by atoms with Crippen LogP contribution in [0.3, 0.4) is 0 Å². The van der Waals surface area contributed by atoms with Crippen LogP contribution in [0, 0.1) is 6.92 Å². The Morgan fingerprint density at radius 2 is 1.88 bits per heavy atom. The van der Waals surface area contributed by atoms with Crippen LogP contribution in [0.2, 0.25) is 0 Å². The second-order valence-electron chi connectivity index (χ2n) is 6.28. The van der Waals surface area contributed by atoms with Gasteiger partial charge in [-0.3, -0.25) is 4.79 Å². The molecule has 3 rings (SSSR count). The molecule has 26 heavy (non-hydrogen) atoms. The smallest absolute Gasteiger partial charge is 0.240 e. The molecule has 0 fully saturated rings. The lowest BCUT2D eigenvalue weighted by molar-refractivity contribution is -0.120. The number of benzene rings is 2. The third-order valence-electron chi connectivity index (χ3n) is 4.19. The Hall–Kier alpha value is -2.38. The number of hydrogen-bond donors (Lipinski definition) is 2. The topological polar surface area (TPSA) is 84.5 Å². The highest BCUT2D eigenvalue weighted by atomic mass is 32.2. The van der Waals surface area contributed by atoms with Gasteiger partial charge in [0, 0.05) is 19.5 Å². The fourth-order valence-electron chi connectivity index (χ4n) is 2.79. The van der Waals surface area contributed by atoms with Crippen LogP contribution in [0.15, 0.2) is 47.4 Å². The van der Waals surface area contributed by atoms with Gasteiger partial charge >= 0.3 is 0 Å². The SMILES string of the molecule is Cc1ccc(S(=O)(=O)NCCNC(=O)Cc2ccc3c(c2)CCO3)cc1. The lowest BCUT2D eigenvalue weighted by Gasteiger charge is -2.09. The minimum atomic E-state index is -3.56. The molecule has 2 aromatic rings. The van der Waals surface area contributed by atoms with Crippen LogP contribution in [0.4, 0.5) is 0 Å². The Kier molecular flexibility index (Phi) is 5.58. The van der Waals surface area contributed by atoms with Crippen molar-refractivity contribution < 1.29 is 17.9 Å². The zero-order valence-corrected chi connectivity index (χ0v) is 15.4. The highest BCUT2D eigenvalue weighted by Gasteiger charge is 2.14. The van der Waals surface area contributed by atoms with Crippen molar-refractivity contribution in [1.82, 2.24) is 10.0 Å². The first-order chi connectivity index (χ1) is 12.4. The van der Waals surface area contributed by atoms with E-state index in [1.807, 2.05) is 25.1 Å². The van der Waals surface area contributed by atoms with Crippen LogP contribution < -0.4 is 14.8 Å². The molecule has 0 aromatic heterocycles. The van der Waals surface area contributed by atoms with E-state index in [0.29, 0.717) is 6.61 Å². The van der Waals surface area contributed by atoms with Gasteiger partial charge in [-0.05, 0) is 36.2 Å². The Bertz CT molecular complexity index is 892. The van der Waals surface area contributed by atoms with Crippen LogP contribution >= 0.6 is 0 Å². The zero-order chi connectivity index (χ0) is 18.6. The molecule has 6 nitrogen and oxygen atoms in total. The maximum Gasteiger partial charge on any atom is 0.240 e. The van der Waals surface area contributed by atoms with Gasteiger partial charge < -0.3 is 10.1 Å². The molecule has 0 radical (unpaired) electrons. The van der Waals surface area contributed by atoms with Gasteiger partial charge in [-0.1, -0.05) is 29.8 Å². The Morgan fingerprint density at radius 1 is 1.12 bits per heavy atom. The van der Waals surface area contributed by atoms with E-state index in [0.717, 1.165) is 28.9 Å². The van der Waals surface area contributed by atoms with E-state index in [1.165, 1.54) is 0 Å². The Balaban J connectivity index is 1.44. The molecule has 2 aromatic carbocycles. The number of hydrogen-bond acceptors (Lipinski definition) is 4. The number of sulfonamides is 1. The fraction of sp³-hybridized carbons (Fsp3) is 0.316. The highest BCUT2D eigenvalue weighted by molar-refractivity contribution is 7.89. The number of amides is 1. The number of carbonyl (C=O) groups excluding carboxylic acids is 1. The summed E-state index contributed by atoms with van der Waals surface area (Å²) < 4.78 is 32.2. The summed E-state index contributed by atoms with van der Waals surface area (Å²) in [5.41, 5.74) is 3.04. The first kappa shape index (κ1) is 18.4. The lowest BCUT2D eigenvalue weighted by Crippen LogP contribution is -2.35. The third kappa shape index (κ3) is 4.62. The van der Waals surface area contributed by atoms with E-state index in [2.05, 4.69) is 10.0 Å². The average molecular weight is 374 g/mol. The summed E-state index contributed by atoms with van der Waals surface area (Å²) in [4.78, 5) is 12.2. The van der Waals surface area contributed by atoms with E-state index in [1.54, 1.807) is 24.3 Å². The maximum atomic E-state index is 12.2. The van der Waals surface area contributed by atoms with E-state index in [4.69, 9.17) is 4.74 Å². The van der Waals surface area contributed by atoms with Crippen molar-refractivity contribution in [3.8, 4) is 5.75 Å². The van der Waals surface area contributed by atoms with E-state index >= 15 is 0 Å². The Morgan fingerprint density at radius 3 is 2.65 bits per heavy atom. The fourth-order valence-corrected chi connectivity index (χ4v) is 3.82. The molecule has 0 saturated heterocycles. The minimum Gasteiger partial charge on any atom is -0.493 e. The second kappa shape index (κ2) is 7.88. The average Bonchev–Trinajstić information content (AvgIpc) is 3.07. The molecule has 0 aliphatic carbocycles. The third-order valence-corrected chi connectivity index (χ3v) is 5.67. The van der Waals surface area contributed by atoms with Crippen molar-refractivity contribution in [3.05, 3.63) is 59.2 Å². The number of nitrogens with one attached hydrogen (secondary N) is 2. The molecular weight excluding hydrogens is 352 g/mol. The van der Waals surface area contributed by atoms with E-state index in [9.17, 15) is 13.2 Å². The monoisotopic (exact) mass is 374 g/mol.